The summed E-state index contributed by atoms with van der Waals surface area (Å²) in [5.74, 6) is 0.183. The Hall–Kier alpha value is -3.22. The van der Waals surface area contributed by atoms with Gasteiger partial charge in [0.25, 0.3) is 11.5 Å². The van der Waals surface area contributed by atoms with E-state index in [2.05, 4.69) is 21.9 Å². The van der Waals surface area contributed by atoms with Gasteiger partial charge in [-0.05, 0) is 36.6 Å². The predicted molar refractivity (Wildman–Crippen MR) is 96.4 cm³/mol. The van der Waals surface area contributed by atoms with Crippen molar-refractivity contribution < 1.29 is 9.59 Å². The highest BCUT2D eigenvalue weighted by Crippen LogP contribution is 2.30. The molecule has 1 fully saturated rings. The second-order valence-electron chi connectivity index (χ2n) is 6.09. The first kappa shape index (κ1) is 17.6. The number of aromatic amines is 1. The fourth-order valence-corrected chi connectivity index (χ4v) is 3.04. The molecule has 1 aliphatic heterocycles. The molecule has 1 aliphatic rings. The maximum Gasteiger partial charge on any atom is 0.254 e. The monoisotopic (exact) mass is 352 g/mol. The van der Waals surface area contributed by atoms with Crippen molar-refractivity contribution in [2.24, 2.45) is 0 Å². The molecule has 1 unspecified atom stereocenters. The molecule has 2 heterocycles. The molecule has 26 heavy (non-hydrogen) atoms. The van der Waals surface area contributed by atoms with Crippen LogP contribution in [0.1, 0.15) is 40.6 Å². The van der Waals surface area contributed by atoms with E-state index in [1.165, 1.54) is 18.3 Å². The van der Waals surface area contributed by atoms with Gasteiger partial charge in [-0.25, -0.2) is 4.98 Å². The second kappa shape index (κ2) is 7.77. The predicted octanol–water partition coefficient (Wildman–Crippen LogP) is 1.55. The summed E-state index contributed by atoms with van der Waals surface area (Å²) in [6.07, 6.45) is 4.31. The summed E-state index contributed by atoms with van der Waals surface area (Å²) in [5.41, 5.74) is 1.23. The summed E-state index contributed by atoms with van der Waals surface area (Å²) in [6, 6.07) is 8.24. The average molecular weight is 352 g/mol. The largest absolute Gasteiger partial charge is 0.348 e. The van der Waals surface area contributed by atoms with Gasteiger partial charge in [0.15, 0.2) is 0 Å². The van der Waals surface area contributed by atoms with E-state index in [9.17, 15) is 14.4 Å². The van der Waals surface area contributed by atoms with Gasteiger partial charge >= 0.3 is 0 Å². The molecule has 7 heteroatoms. The lowest BCUT2D eigenvalue weighted by molar-refractivity contribution is -0.116. The molecule has 2 amide bonds. The van der Waals surface area contributed by atoms with Crippen molar-refractivity contribution in [3.63, 3.8) is 0 Å². The Morgan fingerprint density at radius 3 is 2.77 bits per heavy atom. The van der Waals surface area contributed by atoms with E-state index in [4.69, 9.17) is 0 Å². The van der Waals surface area contributed by atoms with Crippen LogP contribution in [0, 0.1) is 0 Å². The highest BCUT2D eigenvalue weighted by atomic mass is 16.2. The van der Waals surface area contributed by atoms with Crippen LogP contribution in [0.4, 0.5) is 0 Å². The summed E-state index contributed by atoms with van der Waals surface area (Å²) in [7, 11) is 0. The molecule has 0 saturated carbocycles. The molecule has 3 rings (SSSR count). The topological polar surface area (TPSA) is 95.2 Å². The van der Waals surface area contributed by atoms with E-state index in [0.29, 0.717) is 24.5 Å². The van der Waals surface area contributed by atoms with Gasteiger partial charge in [-0.2, -0.15) is 0 Å². The van der Waals surface area contributed by atoms with E-state index in [0.717, 1.165) is 18.4 Å². The van der Waals surface area contributed by atoms with E-state index >= 15 is 0 Å². The molecule has 0 bridgehead atoms. The normalized spacial score (nSPS) is 16.3. The van der Waals surface area contributed by atoms with Crippen LogP contribution in [0.2, 0.25) is 0 Å². The van der Waals surface area contributed by atoms with Crippen LogP contribution in [0.3, 0.4) is 0 Å². The Kier molecular flexibility index (Phi) is 5.26. The van der Waals surface area contributed by atoms with Crippen LogP contribution in [-0.4, -0.2) is 33.2 Å². The van der Waals surface area contributed by atoms with Crippen molar-refractivity contribution in [2.75, 3.05) is 6.54 Å². The molecule has 0 spiro atoms. The molecule has 2 aromatic rings. The number of hydrogen-bond donors (Lipinski definition) is 2. The number of amides is 2. The standard InChI is InChI=1S/C19H20N4O3/c1-2-16(24)21-12-13-5-7-14(8-6-13)19(26)23-11-3-4-15(23)18-20-10-9-17(25)22-18/h2,5-10,15H,1,3-4,11-12H2,(H,21,24)(H,20,22,25). The van der Waals surface area contributed by atoms with Crippen molar-refractivity contribution in [1.29, 1.82) is 0 Å². The number of benzene rings is 1. The van der Waals surface area contributed by atoms with E-state index in [1.807, 2.05) is 12.1 Å². The molecule has 7 nitrogen and oxygen atoms in total. The molecule has 1 saturated heterocycles. The molecule has 2 N–H and O–H groups in total. The van der Waals surface area contributed by atoms with Gasteiger partial charge in [-0.15, -0.1) is 0 Å². The first-order chi connectivity index (χ1) is 12.6. The minimum Gasteiger partial charge on any atom is -0.348 e. The zero-order chi connectivity index (χ0) is 18.5. The van der Waals surface area contributed by atoms with Crippen LogP contribution >= 0.6 is 0 Å². The first-order valence-electron chi connectivity index (χ1n) is 8.44. The van der Waals surface area contributed by atoms with E-state index in [1.54, 1.807) is 17.0 Å². The molecule has 1 atom stereocenters. The lowest BCUT2D eigenvalue weighted by Gasteiger charge is -2.24. The molecule has 0 aliphatic carbocycles. The van der Waals surface area contributed by atoms with Crippen molar-refractivity contribution in [3.05, 3.63) is 76.5 Å². The van der Waals surface area contributed by atoms with Gasteiger partial charge in [0.2, 0.25) is 5.91 Å². The van der Waals surface area contributed by atoms with Gasteiger partial charge in [0.1, 0.15) is 5.82 Å². The van der Waals surface area contributed by atoms with Crippen LogP contribution in [0.15, 0.2) is 54.0 Å². The van der Waals surface area contributed by atoms with Gasteiger partial charge in [-0.3, -0.25) is 14.4 Å². The fraction of sp³-hybridized carbons (Fsp3) is 0.263. The second-order valence-corrected chi connectivity index (χ2v) is 6.09. The summed E-state index contributed by atoms with van der Waals surface area (Å²) in [6.45, 7) is 4.40. The first-order valence-corrected chi connectivity index (χ1v) is 8.44. The number of carbonyl (C=O) groups is 2. The smallest absolute Gasteiger partial charge is 0.254 e. The van der Waals surface area contributed by atoms with Gasteiger partial charge in [0.05, 0.1) is 6.04 Å². The zero-order valence-corrected chi connectivity index (χ0v) is 14.3. The summed E-state index contributed by atoms with van der Waals surface area (Å²) in [4.78, 5) is 44.3. The third-order valence-corrected chi connectivity index (χ3v) is 4.37. The van der Waals surface area contributed by atoms with Crippen LogP contribution < -0.4 is 10.9 Å². The van der Waals surface area contributed by atoms with Crippen LogP contribution in [0.5, 0.6) is 0 Å². The van der Waals surface area contributed by atoms with Gasteiger partial charge in [-0.1, -0.05) is 18.7 Å². The van der Waals surface area contributed by atoms with Gasteiger partial charge in [0, 0.05) is 30.9 Å². The number of likely N-dealkylation sites (tertiary alicyclic amines) is 1. The summed E-state index contributed by atoms with van der Waals surface area (Å²) < 4.78 is 0. The molecular weight excluding hydrogens is 332 g/mol. The summed E-state index contributed by atoms with van der Waals surface area (Å²) >= 11 is 0. The molecule has 1 aromatic heterocycles. The zero-order valence-electron chi connectivity index (χ0n) is 14.3. The highest BCUT2D eigenvalue weighted by molar-refractivity contribution is 5.94. The van der Waals surface area contributed by atoms with E-state index in [-0.39, 0.29) is 23.4 Å². The number of nitrogens with zero attached hydrogens (tertiary/aromatic N) is 2. The SMILES string of the molecule is C=CC(=O)NCc1ccc(C(=O)N2CCCC2c2nccc(=O)[nH]2)cc1. The third kappa shape index (κ3) is 3.88. The lowest BCUT2D eigenvalue weighted by atomic mass is 10.1. The molecule has 134 valence electrons. The molecular formula is C19H20N4O3. The van der Waals surface area contributed by atoms with Crippen LogP contribution in [-0.2, 0) is 11.3 Å². The minimum atomic E-state index is -0.241. The summed E-state index contributed by atoms with van der Waals surface area (Å²) in [5, 5.41) is 2.69. The Bertz CT molecular complexity index is 873. The number of carbonyl (C=O) groups excluding carboxylic acids is 2. The number of hydrogen-bond acceptors (Lipinski definition) is 4. The van der Waals surface area contributed by atoms with E-state index < -0.39 is 0 Å². The minimum absolute atomic E-state index is 0.0966. The Morgan fingerprint density at radius 2 is 2.08 bits per heavy atom. The molecule has 1 aromatic carbocycles. The lowest BCUT2D eigenvalue weighted by Crippen LogP contribution is -2.32. The molecule has 0 radical (unpaired) electrons. The fourth-order valence-electron chi connectivity index (χ4n) is 3.04. The average Bonchev–Trinajstić information content (AvgIpc) is 3.15. The number of aromatic nitrogens is 2. The quantitative estimate of drug-likeness (QED) is 0.798. The number of rotatable bonds is 5. The Morgan fingerprint density at radius 1 is 1.31 bits per heavy atom. The van der Waals surface area contributed by atoms with Crippen molar-refractivity contribution >= 4 is 11.8 Å². The maximum absolute atomic E-state index is 12.9. The van der Waals surface area contributed by atoms with Crippen LogP contribution in [0.25, 0.3) is 0 Å². The van der Waals surface area contributed by atoms with Crippen molar-refractivity contribution in [2.45, 2.75) is 25.4 Å². The highest BCUT2D eigenvalue weighted by Gasteiger charge is 2.32. The Labute approximate surface area is 150 Å². The third-order valence-electron chi connectivity index (χ3n) is 4.37. The maximum atomic E-state index is 12.9. The number of nitrogens with one attached hydrogen (secondary N) is 2. The van der Waals surface area contributed by atoms with Crippen molar-refractivity contribution in [1.82, 2.24) is 20.2 Å². The van der Waals surface area contributed by atoms with Crippen molar-refractivity contribution in [3.8, 4) is 0 Å². The van der Waals surface area contributed by atoms with Gasteiger partial charge < -0.3 is 15.2 Å². The Balaban J connectivity index is 1.72. The number of H-pyrrole nitrogens is 1.